The van der Waals surface area contributed by atoms with E-state index in [2.05, 4.69) is 14.7 Å². The van der Waals surface area contributed by atoms with Gasteiger partial charge in [-0.1, -0.05) is 24.3 Å². The fourth-order valence-electron chi connectivity index (χ4n) is 1.70. The summed E-state index contributed by atoms with van der Waals surface area (Å²) in [6.07, 6.45) is 6.11. The minimum atomic E-state index is -0.191. The molecule has 0 fully saturated rings. The lowest BCUT2D eigenvalue weighted by atomic mass is 10.0. The highest BCUT2D eigenvalue weighted by atomic mass is 16.5. The van der Waals surface area contributed by atoms with E-state index in [0.29, 0.717) is 12.8 Å². The molecule has 0 atom stereocenters. The van der Waals surface area contributed by atoms with Crippen LogP contribution in [-0.4, -0.2) is 23.0 Å². The van der Waals surface area contributed by atoms with Crippen LogP contribution in [0.1, 0.15) is 12.0 Å². The second kappa shape index (κ2) is 5.91. The fraction of sp³-hybridized carbons (Fsp3) is 0.214. The SMILES string of the molecule is COC(=O)CCc1cccc(-c2cncnc2)c1. The van der Waals surface area contributed by atoms with Crippen LogP contribution in [0.15, 0.2) is 43.0 Å². The lowest BCUT2D eigenvalue weighted by Gasteiger charge is -2.04. The molecule has 0 aliphatic heterocycles. The zero-order chi connectivity index (χ0) is 12.8. The number of ether oxygens (including phenoxy) is 1. The molecule has 0 saturated carbocycles. The van der Waals surface area contributed by atoms with Crippen molar-refractivity contribution in [2.45, 2.75) is 12.8 Å². The summed E-state index contributed by atoms with van der Waals surface area (Å²) in [4.78, 5) is 19.1. The van der Waals surface area contributed by atoms with E-state index < -0.39 is 0 Å². The average Bonchev–Trinajstić information content (AvgIpc) is 2.46. The summed E-state index contributed by atoms with van der Waals surface area (Å²) < 4.78 is 4.63. The molecule has 1 aromatic heterocycles. The Bertz CT molecular complexity index is 526. The largest absolute Gasteiger partial charge is 0.469 e. The van der Waals surface area contributed by atoms with E-state index >= 15 is 0 Å². The van der Waals surface area contributed by atoms with Crippen LogP contribution in [0.4, 0.5) is 0 Å². The second-order valence-electron chi connectivity index (χ2n) is 3.90. The number of nitrogens with zero attached hydrogens (tertiary/aromatic N) is 2. The summed E-state index contributed by atoms with van der Waals surface area (Å²) in [5, 5.41) is 0. The van der Waals surface area contributed by atoms with Crippen LogP contribution in [0.3, 0.4) is 0 Å². The van der Waals surface area contributed by atoms with Gasteiger partial charge in [0.1, 0.15) is 6.33 Å². The van der Waals surface area contributed by atoms with Gasteiger partial charge in [0.2, 0.25) is 0 Å². The Morgan fingerprint density at radius 2 is 2.00 bits per heavy atom. The quantitative estimate of drug-likeness (QED) is 0.772. The average molecular weight is 242 g/mol. The molecule has 0 saturated heterocycles. The van der Waals surface area contributed by atoms with Crippen LogP contribution in [0.25, 0.3) is 11.1 Å². The Labute approximate surface area is 106 Å². The number of methoxy groups -OCH3 is 1. The third kappa shape index (κ3) is 3.13. The molecule has 0 N–H and O–H groups in total. The number of esters is 1. The van der Waals surface area contributed by atoms with Crippen LogP contribution in [0.2, 0.25) is 0 Å². The molecule has 0 unspecified atom stereocenters. The Kier molecular flexibility index (Phi) is 4.02. The molecule has 0 radical (unpaired) electrons. The maximum atomic E-state index is 11.1. The third-order valence-electron chi connectivity index (χ3n) is 2.67. The van der Waals surface area contributed by atoms with E-state index in [1.165, 1.54) is 13.4 Å². The van der Waals surface area contributed by atoms with Gasteiger partial charge in [-0.25, -0.2) is 9.97 Å². The number of carbonyl (C=O) groups is 1. The summed E-state index contributed by atoms with van der Waals surface area (Å²) in [5.74, 6) is -0.191. The summed E-state index contributed by atoms with van der Waals surface area (Å²) >= 11 is 0. The summed E-state index contributed by atoms with van der Waals surface area (Å²) in [6.45, 7) is 0. The molecule has 0 aliphatic carbocycles. The number of benzene rings is 1. The molecular formula is C14H14N2O2. The highest BCUT2D eigenvalue weighted by Crippen LogP contribution is 2.19. The van der Waals surface area contributed by atoms with Crippen LogP contribution < -0.4 is 0 Å². The maximum absolute atomic E-state index is 11.1. The standard InChI is InChI=1S/C14H14N2O2/c1-18-14(17)6-5-11-3-2-4-12(7-11)13-8-15-10-16-9-13/h2-4,7-10H,5-6H2,1H3. The molecular weight excluding hydrogens is 228 g/mol. The lowest BCUT2D eigenvalue weighted by molar-refractivity contribution is -0.140. The first-order chi connectivity index (χ1) is 8.79. The van der Waals surface area contributed by atoms with E-state index in [0.717, 1.165) is 16.7 Å². The zero-order valence-corrected chi connectivity index (χ0v) is 10.2. The number of aromatic nitrogens is 2. The summed E-state index contributed by atoms with van der Waals surface area (Å²) in [6, 6.07) is 8.01. The van der Waals surface area contributed by atoms with Gasteiger partial charge in [0, 0.05) is 24.4 Å². The fourth-order valence-corrected chi connectivity index (χ4v) is 1.70. The Morgan fingerprint density at radius 3 is 2.72 bits per heavy atom. The van der Waals surface area contributed by atoms with E-state index in [1.807, 2.05) is 24.3 Å². The van der Waals surface area contributed by atoms with Gasteiger partial charge in [0.05, 0.1) is 7.11 Å². The third-order valence-corrected chi connectivity index (χ3v) is 2.67. The lowest BCUT2D eigenvalue weighted by Crippen LogP contribution is -2.01. The minimum Gasteiger partial charge on any atom is -0.469 e. The first kappa shape index (κ1) is 12.2. The van der Waals surface area contributed by atoms with Crippen molar-refractivity contribution in [1.29, 1.82) is 0 Å². The number of hydrogen-bond donors (Lipinski definition) is 0. The monoisotopic (exact) mass is 242 g/mol. The molecule has 4 nitrogen and oxygen atoms in total. The first-order valence-corrected chi connectivity index (χ1v) is 5.71. The molecule has 92 valence electrons. The van der Waals surface area contributed by atoms with Crippen LogP contribution in [0.5, 0.6) is 0 Å². The van der Waals surface area contributed by atoms with Crippen LogP contribution in [-0.2, 0) is 16.0 Å². The topological polar surface area (TPSA) is 52.1 Å². The molecule has 0 amide bonds. The smallest absolute Gasteiger partial charge is 0.305 e. The van der Waals surface area contributed by atoms with Crippen molar-refractivity contribution in [3.63, 3.8) is 0 Å². The highest BCUT2D eigenvalue weighted by molar-refractivity contribution is 5.69. The Morgan fingerprint density at radius 1 is 1.22 bits per heavy atom. The number of rotatable bonds is 4. The van der Waals surface area contributed by atoms with E-state index in [-0.39, 0.29) is 5.97 Å². The summed E-state index contributed by atoms with van der Waals surface area (Å²) in [7, 11) is 1.40. The van der Waals surface area contributed by atoms with Gasteiger partial charge >= 0.3 is 5.97 Å². The van der Waals surface area contributed by atoms with Crippen molar-refractivity contribution < 1.29 is 9.53 Å². The number of aryl methyl sites for hydroxylation is 1. The second-order valence-corrected chi connectivity index (χ2v) is 3.90. The van der Waals surface area contributed by atoms with Gasteiger partial charge in [0.25, 0.3) is 0 Å². The molecule has 4 heteroatoms. The van der Waals surface area contributed by atoms with Gasteiger partial charge in [-0.15, -0.1) is 0 Å². The van der Waals surface area contributed by atoms with Crippen LogP contribution >= 0.6 is 0 Å². The Balaban J connectivity index is 2.13. The molecule has 0 aliphatic rings. The van der Waals surface area contributed by atoms with Gasteiger partial charge < -0.3 is 4.74 Å². The van der Waals surface area contributed by atoms with E-state index in [4.69, 9.17) is 0 Å². The van der Waals surface area contributed by atoms with Crippen LogP contribution in [0, 0.1) is 0 Å². The molecule has 0 spiro atoms. The molecule has 2 rings (SSSR count). The van der Waals surface area contributed by atoms with Gasteiger partial charge in [-0.2, -0.15) is 0 Å². The van der Waals surface area contributed by atoms with Crippen molar-refractivity contribution in [3.8, 4) is 11.1 Å². The molecule has 18 heavy (non-hydrogen) atoms. The minimum absolute atomic E-state index is 0.191. The van der Waals surface area contributed by atoms with Crippen molar-refractivity contribution >= 4 is 5.97 Å². The predicted octanol–water partition coefficient (Wildman–Crippen LogP) is 2.25. The molecule has 0 bridgehead atoms. The van der Waals surface area contributed by atoms with E-state index in [1.54, 1.807) is 12.4 Å². The molecule has 1 heterocycles. The molecule has 2 aromatic rings. The summed E-state index contributed by atoms with van der Waals surface area (Å²) in [5.41, 5.74) is 3.12. The van der Waals surface area contributed by atoms with Crippen molar-refractivity contribution in [2.24, 2.45) is 0 Å². The zero-order valence-electron chi connectivity index (χ0n) is 10.2. The maximum Gasteiger partial charge on any atom is 0.305 e. The van der Waals surface area contributed by atoms with Crippen molar-refractivity contribution in [2.75, 3.05) is 7.11 Å². The van der Waals surface area contributed by atoms with Gasteiger partial charge in [0.15, 0.2) is 0 Å². The van der Waals surface area contributed by atoms with E-state index in [9.17, 15) is 4.79 Å². The first-order valence-electron chi connectivity index (χ1n) is 5.71. The van der Waals surface area contributed by atoms with Crippen molar-refractivity contribution in [3.05, 3.63) is 48.5 Å². The molecule has 1 aromatic carbocycles. The highest BCUT2D eigenvalue weighted by Gasteiger charge is 2.03. The van der Waals surface area contributed by atoms with Gasteiger partial charge in [-0.3, -0.25) is 4.79 Å². The number of carbonyl (C=O) groups excluding carboxylic acids is 1. The predicted molar refractivity (Wildman–Crippen MR) is 67.8 cm³/mol. The number of hydrogen-bond acceptors (Lipinski definition) is 4. The Hall–Kier alpha value is -2.23. The van der Waals surface area contributed by atoms with Crippen molar-refractivity contribution in [1.82, 2.24) is 9.97 Å². The van der Waals surface area contributed by atoms with Gasteiger partial charge in [-0.05, 0) is 17.5 Å². The normalized spacial score (nSPS) is 10.1.